The van der Waals surface area contributed by atoms with Crippen molar-refractivity contribution in [2.75, 3.05) is 5.32 Å². The maximum absolute atomic E-state index is 12.4. The molecule has 7 nitrogen and oxygen atoms in total. The highest BCUT2D eigenvalue weighted by atomic mass is 16.4. The van der Waals surface area contributed by atoms with Gasteiger partial charge in [0.1, 0.15) is 5.69 Å². The highest BCUT2D eigenvalue weighted by Crippen LogP contribution is 2.24. The molecule has 2 aromatic heterocycles. The van der Waals surface area contributed by atoms with Crippen molar-refractivity contribution in [3.05, 3.63) is 47.7 Å². The summed E-state index contributed by atoms with van der Waals surface area (Å²) < 4.78 is 7.36. The third kappa shape index (κ3) is 3.66. The minimum Gasteiger partial charge on any atom is -0.401 e. The molecule has 1 aromatic carbocycles. The van der Waals surface area contributed by atoms with Crippen LogP contribution in [0.4, 0.5) is 6.01 Å². The van der Waals surface area contributed by atoms with Crippen LogP contribution in [-0.4, -0.2) is 25.9 Å². The molecular weight excluding hydrogens is 330 g/mol. The van der Waals surface area contributed by atoms with Crippen molar-refractivity contribution < 1.29 is 9.21 Å². The molecule has 0 aliphatic heterocycles. The van der Waals surface area contributed by atoms with Crippen molar-refractivity contribution in [3.63, 3.8) is 0 Å². The summed E-state index contributed by atoms with van der Waals surface area (Å²) in [5.74, 6) is 0.0209. The van der Waals surface area contributed by atoms with Gasteiger partial charge in [-0.3, -0.25) is 14.8 Å². The Kier molecular flexibility index (Phi) is 4.63. The summed E-state index contributed by atoms with van der Waals surface area (Å²) in [7, 11) is 0. The van der Waals surface area contributed by atoms with Crippen LogP contribution in [-0.2, 0) is 5.41 Å². The lowest BCUT2D eigenvalue weighted by molar-refractivity contribution is 0.102. The molecule has 0 radical (unpaired) electrons. The lowest BCUT2D eigenvalue weighted by atomic mass is 9.87. The molecule has 1 amide bonds. The first-order valence-corrected chi connectivity index (χ1v) is 8.55. The average molecular weight is 353 g/mol. The van der Waals surface area contributed by atoms with E-state index in [9.17, 15) is 4.79 Å². The number of carbonyl (C=O) groups is 1. The molecule has 0 aliphatic rings. The van der Waals surface area contributed by atoms with E-state index in [4.69, 9.17) is 4.42 Å². The number of carbonyl (C=O) groups excluding carboxylic acids is 1. The van der Waals surface area contributed by atoms with Gasteiger partial charge in [-0.2, -0.15) is 5.10 Å². The molecule has 7 heteroatoms. The lowest BCUT2D eigenvalue weighted by Crippen LogP contribution is -2.14. The second-order valence-corrected chi connectivity index (χ2v) is 7.45. The molecule has 1 N–H and O–H groups in total. The molecule has 26 heavy (non-hydrogen) atoms. The second kappa shape index (κ2) is 6.74. The first-order valence-electron chi connectivity index (χ1n) is 8.55. The maximum Gasteiger partial charge on any atom is 0.322 e. The number of nitrogens with zero attached hydrogens (tertiary/aromatic N) is 4. The first kappa shape index (κ1) is 17.8. The van der Waals surface area contributed by atoms with Crippen LogP contribution in [0.3, 0.4) is 0 Å². The Morgan fingerprint density at radius 3 is 2.42 bits per heavy atom. The Balaban J connectivity index is 1.75. The molecular formula is C19H23N5O2. The van der Waals surface area contributed by atoms with Crippen molar-refractivity contribution in [1.29, 1.82) is 0 Å². The summed E-state index contributed by atoms with van der Waals surface area (Å²) in [4.78, 5) is 12.4. The van der Waals surface area contributed by atoms with Crippen LogP contribution in [0.25, 0.3) is 11.6 Å². The minimum absolute atomic E-state index is 0.0375. The predicted octanol–water partition coefficient (Wildman–Crippen LogP) is 4.06. The Morgan fingerprint density at radius 2 is 1.81 bits per heavy atom. The Labute approximate surface area is 152 Å². The molecule has 2 heterocycles. The molecule has 3 aromatic rings. The number of hydrogen-bond acceptors (Lipinski definition) is 5. The van der Waals surface area contributed by atoms with Gasteiger partial charge in [-0.05, 0) is 43.0 Å². The van der Waals surface area contributed by atoms with Crippen molar-refractivity contribution in [3.8, 4) is 11.6 Å². The fourth-order valence-corrected chi connectivity index (χ4v) is 2.56. The van der Waals surface area contributed by atoms with Crippen LogP contribution >= 0.6 is 0 Å². The Morgan fingerprint density at radius 1 is 1.12 bits per heavy atom. The van der Waals surface area contributed by atoms with E-state index in [2.05, 4.69) is 41.4 Å². The summed E-state index contributed by atoms with van der Waals surface area (Å²) in [6.45, 7) is 10.4. The van der Waals surface area contributed by atoms with Gasteiger partial charge in [0.15, 0.2) is 0 Å². The molecule has 0 fully saturated rings. The van der Waals surface area contributed by atoms with Crippen LogP contribution in [0.5, 0.6) is 0 Å². The van der Waals surface area contributed by atoms with Gasteiger partial charge in [0.2, 0.25) is 0 Å². The van der Waals surface area contributed by atoms with E-state index >= 15 is 0 Å². The third-order valence-corrected chi connectivity index (χ3v) is 4.04. The second-order valence-electron chi connectivity index (χ2n) is 7.45. The zero-order valence-electron chi connectivity index (χ0n) is 15.6. The van der Waals surface area contributed by atoms with Gasteiger partial charge in [-0.25, -0.2) is 0 Å². The predicted molar refractivity (Wildman–Crippen MR) is 99.0 cm³/mol. The summed E-state index contributed by atoms with van der Waals surface area (Å²) >= 11 is 0. The maximum atomic E-state index is 12.4. The SMILES string of the molecule is CC(C)n1nccc1-c1nnc(NC(=O)c2ccc(C(C)(C)C)cc2)o1. The van der Waals surface area contributed by atoms with Crippen molar-refractivity contribution in [2.24, 2.45) is 0 Å². The molecule has 0 atom stereocenters. The van der Waals surface area contributed by atoms with E-state index in [1.54, 1.807) is 29.1 Å². The first-order chi connectivity index (χ1) is 12.3. The molecule has 0 bridgehead atoms. The summed E-state index contributed by atoms with van der Waals surface area (Å²) in [5.41, 5.74) is 2.44. The number of nitrogens with one attached hydrogen (secondary N) is 1. The van der Waals surface area contributed by atoms with E-state index in [1.807, 2.05) is 26.0 Å². The zero-order valence-corrected chi connectivity index (χ0v) is 15.6. The number of benzene rings is 1. The van der Waals surface area contributed by atoms with Gasteiger partial charge < -0.3 is 4.42 Å². The minimum atomic E-state index is -0.293. The lowest BCUT2D eigenvalue weighted by Gasteiger charge is -2.18. The van der Waals surface area contributed by atoms with Crippen LogP contribution in [0, 0.1) is 0 Å². The van der Waals surface area contributed by atoms with Crippen molar-refractivity contribution in [2.45, 2.75) is 46.1 Å². The van der Waals surface area contributed by atoms with Gasteiger partial charge in [0.25, 0.3) is 11.8 Å². The van der Waals surface area contributed by atoms with Crippen LogP contribution in [0.2, 0.25) is 0 Å². The van der Waals surface area contributed by atoms with Gasteiger partial charge in [0.05, 0.1) is 0 Å². The van der Waals surface area contributed by atoms with Crippen molar-refractivity contribution >= 4 is 11.9 Å². The standard InChI is InChI=1S/C19H23N5O2/c1-12(2)24-15(10-11-20-24)17-22-23-18(26-17)21-16(25)13-6-8-14(9-7-13)19(3,4)5/h6-12H,1-5H3,(H,21,23,25). The van der Waals surface area contributed by atoms with Gasteiger partial charge in [0, 0.05) is 17.8 Å². The van der Waals surface area contributed by atoms with Gasteiger partial charge in [-0.1, -0.05) is 38.0 Å². The summed E-state index contributed by atoms with van der Waals surface area (Å²) in [6, 6.07) is 9.50. The smallest absolute Gasteiger partial charge is 0.322 e. The fraction of sp³-hybridized carbons (Fsp3) is 0.368. The Hall–Kier alpha value is -2.96. The van der Waals surface area contributed by atoms with E-state index in [-0.39, 0.29) is 23.4 Å². The summed E-state index contributed by atoms with van der Waals surface area (Å²) in [6.07, 6.45) is 1.68. The van der Waals surface area contributed by atoms with E-state index in [0.717, 1.165) is 5.56 Å². The molecule has 0 saturated heterocycles. The number of rotatable bonds is 4. The largest absolute Gasteiger partial charge is 0.401 e. The topological polar surface area (TPSA) is 85.8 Å². The summed E-state index contributed by atoms with van der Waals surface area (Å²) in [5, 5.41) is 14.8. The van der Waals surface area contributed by atoms with E-state index in [1.165, 1.54) is 0 Å². The normalized spacial score (nSPS) is 11.8. The van der Waals surface area contributed by atoms with E-state index < -0.39 is 0 Å². The number of aromatic nitrogens is 4. The van der Waals surface area contributed by atoms with Gasteiger partial charge >= 0.3 is 6.01 Å². The monoisotopic (exact) mass is 353 g/mol. The quantitative estimate of drug-likeness (QED) is 0.764. The molecule has 0 aliphatic carbocycles. The Bertz CT molecular complexity index is 901. The highest BCUT2D eigenvalue weighted by molar-refractivity contribution is 6.03. The number of anilines is 1. The molecule has 0 unspecified atom stereocenters. The van der Waals surface area contributed by atoms with Crippen LogP contribution < -0.4 is 5.32 Å². The number of hydrogen-bond donors (Lipinski definition) is 1. The highest BCUT2D eigenvalue weighted by Gasteiger charge is 2.18. The van der Waals surface area contributed by atoms with Crippen molar-refractivity contribution in [1.82, 2.24) is 20.0 Å². The average Bonchev–Trinajstić information content (AvgIpc) is 3.22. The van der Waals surface area contributed by atoms with Gasteiger partial charge in [-0.15, -0.1) is 5.10 Å². The third-order valence-electron chi connectivity index (χ3n) is 4.04. The number of amides is 1. The molecule has 136 valence electrons. The van der Waals surface area contributed by atoms with Crippen LogP contribution in [0.15, 0.2) is 40.9 Å². The molecule has 0 spiro atoms. The van der Waals surface area contributed by atoms with E-state index in [0.29, 0.717) is 17.1 Å². The fourth-order valence-electron chi connectivity index (χ4n) is 2.56. The zero-order chi connectivity index (χ0) is 18.9. The molecule has 0 saturated carbocycles. The molecule has 3 rings (SSSR count). The van der Waals surface area contributed by atoms with Crippen LogP contribution in [0.1, 0.15) is 56.6 Å².